The Bertz CT molecular complexity index is 623. The third-order valence-corrected chi connectivity index (χ3v) is 3.25. The summed E-state index contributed by atoms with van der Waals surface area (Å²) in [4.78, 5) is 11.3. The van der Waals surface area contributed by atoms with E-state index in [0.717, 1.165) is 23.0 Å². The number of methoxy groups -OCH3 is 1. The van der Waals surface area contributed by atoms with Crippen molar-refractivity contribution in [2.75, 3.05) is 19.5 Å². The molecule has 0 saturated heterocycles. The van der Waals surface area contributed by atoms with Gasteiger partial charge in [0, 0.05) is 23.4 Å². The molecule has 0 aromatic heterocycles. The summed E-state index contributed by atoms with van der Waals surface area (Å²) in [5.74, 6) is 0.626. The predicted octanol–water partition coefficient (Wildman–Crippen LogP) is 2.29. The quantitative estimate of drug-likeness (QED) is 0.646. The molecular weight excluding hydrogens is 254 g/mol. The Labute approximate surface area is 117 Å². The van der Waals surface area contributed by atoms with Crippen molar-refractivity contribution in [3.8, 4) is 16.9 Å². The van der Waals surface area contributed by atoms with Gasteiger partial charge in [0.2, 0.25) is 0 Å². The largest absolute Gasteiger partial charge is 0.497 e. The minimum Gasteiger partial charge on any atom is -0.497 e. The van der Waals surface area contributed by atoms with Crippen LogP contribution in [0, 0.1) is 0 Å². The molecule has 0 aliphatic heterocycles. The van der Waals surface area contributed by atoms with E-state index >= 15 is 0 Å². The number of benzene rings is 2. The van der Waals surface area contributed by atoms with E-state index in [1.54, 1.807) is 19.2 Å². The Morgan fingerprint density at radius 2 is 2.05 bits per heavy atom. The van der Waals surface area contributed by atoms with Crippen LogP contribution in [0.4, 0.5) is 5.69 Å². The molecule has 104 valence electrons. The number of para-hydroxylation sites is 1. The Morgan fingerprint density at radius 3 is 2.70 bits per heavy atom. The first kappa shape index (κ1) is 14.1. The molecule has 4 nitrogen and oxygen atoms in total. The number of ether oxygens (including phenoxy) is 1. The average molecular weight is 271 g/mol. The lowest BCUT2D eigenvalue weighted by atomic mass is 9.95. The first-order valence-electron chi connectivity index (χ1n) is 6.33. The molecule has 2 aromatic rings. The summed E-state index contributed by atoms with van der Waals surface area (Å²) in [6.45, 7) is 0.0385. The van der Waals surface area contributed by atoms with Gasteiger partial charge in [-0.05, 0) is 35.7 Å². The molecule has 2 aromatic carbocycles. The molecule has 0 bridgehead atoms. The lowest BCUT2D eigenvalue weighted by Crippen LogP contribution is -2.01. The summed E-state index contributed by atoms with van der Waals surface area (Å²) < 4.78 is 5.12. The van der Waals surface area contributed by atoms with E-state index in [1.165, 1.54) is 0 Å². The molecule has 0 atom stereocenters. The van der Waals surface area contributed by atoms with Crippen LogP contribution in [0.1, 0.15) is 15.9 Å². The molecule has 2 rings (SSSR count). The van der Waals surface area contributed by atoms with Gasteiger partial charge in [0.05, 0.1) is 7.11 Å². The van der Waals surface area contributed by atoms with Crippen molar-refractivity contribution in [1.29, 1.82) is 0 Å². The van der Waals surface area contributed by atoms with Crippen LogP contribution in [0.3, 0.4) is 0 Å². The van der Waals surface area contributed by atoms with E-state index in [2.05, 4.69) is 0 Å². The fourth-order valence-corrected chi connectivity index (χ4v) is 2.20. The van der Waals surface area contributed by atoms with Gasteiger partial charge >= 0.3 is 0 Å². The van der Waals surface area contributed by atoms with Crippen LogP contribution < -0.4 is 10.5 Å². The number of nitrogen functional groups attached to an aromatic ring is 1. The first-order valence-corrected chi connectivity index (χ1v) is 6.33. The number of nitrogens with two attached hydrogens (primary N) is 1. The Kier molecular flexibility index (Phi) is 4.38. The van der Waals surface area contributed by atoms with E-state index in [1.807, 2.05) is 24.3 Å². The maximum Gasteiger partial charge on any atom is 0.150 e. The third kappa shape index (κ3) is 2.65. The second-order valence-corrected chi connectivity index (χ2v) is 4.42. The van der Waals surface area contributed by atoms with Gasteiger partial charge < -0.3 is 15.6 Å². The van der Waals surface area contributed by atoms with Gasteiger partial charge in [-0.1, -0.05) is 18.2 Å². The highest BCUT2D eigenvalue weighted by molar-refractivity contribution is 5.92. The molecular formula is C16H17NO3. The van der Waals surface area contributed by atoms with E-state index in [-0.39, 0.29) is 6.61 Å². The molecule has 3 N–H and O–H groups in total. The molecule has 4 heteroatoms. The second kappa shape index (κ2) is 6.21. The molecule has 0 amide bonds. The highest BCUT2D eigenvalue weighted by atomic mass is 16.5. The van der Waals surface area contributed by atoms with E-state index in [4.69, 9.17) is 15.6 Å². The number of carbonyl (C=O) groups is 1. The second-order valence-electron chi connectivity index (χ2n) is 4.42. The van der Waals surface area contributed by atoms with Crippen molar-refractivity contribution in [2.45, 2.75) is 6.42 Å². The van der Waals surface area contributed by atoms with Crippen molar-refractivity contribution in [1.82, 2.24) is 0 Å². The molecule has 0 aliphatic carbocycles. The normalized spacial score (nSPS) is 10.3. The maximum absolute atomic E-state index is 11.3. The van der Waals surface area contributed by atoms with Crippen LogP contribution in [0.15, 0.2) is 36.4 Å². The molecule has 0 unspecified atom stereocenters. The van der Waals surface area contributed by atoms with Gasteiger partial charge in [-0.2, -0.15) is 0 Å². The number of aliphatic hydroxyl groups excluding tert-OH is 1. The van der Waals surface area contributed by atoms with E-state index < -0.39 is 0 Å². The lowest BCUT2D eigenvalue weighted by Gasteiger charge is -2.13. The SMILES string of the molecule is COc1ccc(-c2cccc(CCO)c2N)c(C=O)c1. The maximum atomic E-state index is 11.3. The van der Waals surface area contributed by atoms with Crippen molar-refractivity contribution < 1.29 is 14.6 Å². The van der Waals surface area contributed by atoms with Gasteiger partial charge in [0.25, 0.3) is 0 Å². The van der Waals surface area contributed by atoms with Crippen molar-refractivity contribution in [3.63, 3.8) is 0 Å². The summed E-state index contributed by atoms with van der Waals surface area (Å²) in [6, 6.07) is 10.9. The Morgan fingerprint density at radius 1 is 1.25 bits per heavy atom. The summed E-state index contributed by atoms with van der Waals surface area (Å²) in [7, 11) is 1.56. The topological polar surface area (TPSA) is 72.6 Å². The van der Waals surface area contributed by atoms with E-state index in [0.29, 0.717) is 23.4 Å². The summed E-state index contributed by atoms with van der Waals surface area (Å²) >= 11 is 0. The number of hydrogen-bond acceptors (Lipinski definition) is 4. The number of rotatable bonds is 5. The first-order chi connectivity index (χ1) is 9.71. The standard InChI is InChI=1S/C16H17NO3/c1-20-13-5-6-14(12(9-13)10-19)15-4-2-3-11(7-8-18)16(15)17/h2-6,9-10,18H,7-8,17H2,1H3. The smallest absolute Gasteiger partial charge is 0.150 e. The van der Waals surface area contributed by atoms with Crippen LogP contribution in [0.2, 0.25) is 0 Å². The van der Waals surface area contributed by atoms with Crippen LogP contribution in [-0.4, -0.2) is 25.1 Å². The minimum atomic E-state index is 0.0385. The Hall–Kier alpha value is -2.33. The summed E-state index contributed by atoms with van der Waals surface area (Å²) in [5, 5.41) is 9.05. The minimum absolute atomic E-state index is 0.0385. The molecule has 0 spiro atoms. The fraction of sp³-hybridized carbons (Fsp3) is 0.188. The monoisotopic (exact) mass is 271 g/mol. The van der Waals surface area contributed by atoms with Gasteiger partial charge in [-0.3, -0.25) is 4.79 Å². The van der Waals surface area contributed by atoms with Crippen molar-refractivity contribution >= 4 is 12.0 Å². The van der Waals surface area contributed by atoms with Crippen LogP contribution in [0.5, 0.6) is 5.75 Å². The third-order valence-electron chi connectivity index (χ3n) is 3.25. The highest BCUT2D eigenvalue weighted by Gasteiger charge is 2.11. The molecule has 0 fully saturated rings. The molecule has 0 aliphatic rings. The van der Waals surface area contributed by atoms with Gasteiger partial charge in [-0.25, -0.2) is 0 Å². The van der Waals surface area contributed by atoms with Crippen LogP contribution in [-0.2, 0) is 6.42 Å². The average Bonchev–Trinajstić information content (AvgIpc) is 2.49. The number of aldehydes is 1. The van der Waals surface area contributed by atoms with Crippen molar-refractivity contribution in [3.05, 3.63) is 47.5 Å². The van der Waals surface area contributed by atoms with Crippen LogP contribution >= 0.6 is 0 Å². The fourth-order valence-electron chi connectivity index (χ4n) is 2.20. The molecule has 20 heavy (non-hydrogen) atoms. The molecule has 0 saturated carbocycles. The molecule has 0 heterocycles. The zero-order valence-electron chi connectivity index (χ0n) is 11.3. The van der Waals surface area contributed by atoms with Gasteiger partial charge in [0.15, 0.2) is 6.29 Å². The predicted molar refractivity (Wildman–Crippen MR) is 79.0 cm³/mol. The number of hydrogen-bond donors (Lipinski definition) is 2. The molecule has 0 radical (unpaired) electrons. The zero-order chi connectivity index (χ0) is 14.5. The van der Waals surface area contributed by atoms with Gasteiger partial charge in [0.1, 0.15) is 5.75 Å². The number of carbonyl (C=O) groups excluding carboxylic acids is 1. The Balaban J connectivity index is 2.56. The number of anilines is 1. The number of aliphatic hydroxyl groups is 1. The lowest BCUT2D eigenvalue weighted by molar-refractivity contribution is 0.112. The zero-order valence-corrected chi connectivity index (χ0v) is 11.3. The van der Waals surface area contributed by atoms with E-state index in [9.17, 15) is 4.79 Å². The summed E-state index contributed by atoms with van der Waals surface area (Å²) in [6.07, 6.45) is 1.28. The van der Waals surface area contributed by atoms with Gasteiger partial charge in [-0.15, -0.1) is 0 Å². The summed E-state index contributed by atoms with van der Waals surface area (Å²) in [5.41, 5.74) is 9.68. The van der Waals surface area contributed by atoms with Crippen LogP contribution in [0.25, 0.3) is 11.1 Å². The highest BCUT2D eigenvalue weighted by Crippen LogP contribution is 2.32. The van der Waals surface area contributed by atoms with Crippen molar-refractivity contribution in [2.24, 2.45) is 0 Å².